The van der Waals surface area contributed by atoms with E-state index in [-0.39, 0.29) is 22.5 Å². The van der Waals surface area contributed by atoms with Gasteiger partial charge in [0.1, 0.15) is 16.6 Å². The van der Waals surface area contributed by atoms with E-state index in [1.165, 1.54) is 21.7 Å². The third kappa shape index (κ3) is 2.82. The van der Waals surface area contributed by atoms with Gasteiger partial charge in [0.2, 0.25) is 10.0 Å². The number of rotatable bonds is 3. The van der Waals surface area contributed by atoms with E-state index in [9.17, 15) is 23.1 Å². The largest absolute Gasteiger partial charge is 0.480 e. The molecule has 9 heteroatoms. The molecule has 0 aromatic carbocycles. The molecule has 1 saturated heterocycles. The van der Waals surface area contributed by atoms with Gasteiger partial charge in [0, 0.05) is 19.3 Å². The highest BCUT2D eigenvalue weighted by Gasteiger charge is 2.48. The molecule has 1 aliphatic heterocycles. The molecule has 8 nitrogen and oxygen atoms in total. The van der Waals surface area contributed by atoms with Crippen molar-refractivity contribution >= 4 is 21.9 Å². The fourth-order valence-electron chi connectivity index (χ4n) is 4.01. The van der Waals surface area contributed by atoms with Crippen LogP contribution < -0.4 is 5.14 Å². The number of carbonyl (C=O) groups excluding carboxylic acids is 1. The number of carbonyl (C=O) groups is 2. The summed E-state index contributed by atoms with van der Waals surface area (Å²) in [5.41, 5.74) is 0.136. The second kappa shape index (κ2) is 5.89. The Labute approximate surface area is 140 Å². The third-order valence-electron chi connectivity index (χ3n) is 5.14. The van der Waals surface area contributed by atoms with Gasteiger partial charge in [0.05, 0.1) is 0 Å². The van der Waals surface area contributed by atoms with Crippen molar-refractivity contribution in [1.82, 2.24) is 9.47 Å². The van der Waals surface area contributed by atoms with Crippen molar-refractivity contribution in [3.05, 3.63) is 18.0 Å². The lowest BCUT2D eigenvalue weighted by atomic mass is 9.84. The fraction of sp³-hybridized carbons (Fsp3) is 0.600. The van der Waals surface area contributed by atoms with Crippen LogP contribution in [-0.4, -0.2) is 47.0 Å². The summed E-state index contributed by atoms with van der Waals surface area (Å²) in [7, 11) is -2.37. The molecule has 0 radical (unpaired) electrons. The highest BCUT2D eigenvalue weighted by atomic mass is 32.2. The number of hydrogen-bond donors (Lipinski definition) is 2. The number of fused-ring (bicyclic) bond motifs is 1. The monoisotopic (exact) mass is 355 g/mol. The maximum absolute atomic E-state index is 13.0. The first-order chi connectivity index (χ1) is 11.2. The molecule has 24 heavy (non-hydrogen) atoms. The van der Waals surface area contributed by atoms with Crippen molar-refractivity contribution in [1.29, 1.82) is 0 Å². The Balaban J connectivity index is 1.98. The molecule has 3 N–H and O–H groups in total. The molecule has 1 aromatic heterocycles. The molecular formula is C15H21N3O5S. The minimum absolute atomic E-state index is 0.0971. The summed E-state index contributed by atoms with van der Waals surface area (Å²) in [5, 5.41) is 14.6. The topological polar surface area (TPSA) is 123 Å². The maximum Gasteiger partial charge on any atom is 0.326 e. The zero-order valence-electron chi connectivity index (χ0n) is 13.4. The Morgan fingerprint density at radius 3 is 2.54 bits per heavy atom. The number of aromatic nitrogens is 1. The average molecular weight is 355 g/mol. The molecule has 2 heterocycles. The molecule has 132 valence electrons. The number of amides is 1. The van der Waals surface area contributed by atoms with Gasteiger partial charge in [0.15, 0.2) is 0 Å². The Morgan fingerprint density at radius 1 is 1.29 bits per heavy atom. The van der Waals surface area contributed by atoms with Crippen LogP contribution in [0.5, 0.6) is 0 Å². The molecule has 3 unspecified atom stereocenters. The number of sulfonamides is 1. The van der Waals surface area contributed by atoms with Crippen LogP contribution in [0, 0.1) is 5.92 Å². The van der Waals surface area contributed by atoms with E-state index in [1.807, 2.05) is 0 Å². The summed E-state index contributed by atoms with van der Waals surface area (Å²) in [6.45, 7) is 0. The highest BCUT2D eigenvalue weighted by molar-refractivity contribution is 7.89. The quantitative estimate of drug-likeness (QED) is 0.819. The second-order valence-electron chi connectivity index (χ2n) is 6.63. The van der Waals surface area contributed by atoms with E-state index in [2.05, 4.69) is 0 Å². The number of aliphatic carboxylic acids is 1. The molecule has 0 spiro atoms. The van der Waals surface area contributed by atoms with Crippen molar-refractivity contribution in [2.75, 3.05) is 0 Å². The molecule has 2 aliphatic rings. The van der Waals surface area contributed by atoms with Crippen LogP contribution in [0.4, 0.5) is 0 Å². The first-order valence-corrected chi connectivity index (χ1v) is 9.49. The number of primary sulfonamides is 1. The SMILES string of the molecule is Cn1cc(S(N)(=O)=O)cc1C(=O)N1C(C(=O)O)CC2CCCCC21. The van der Waals surface area contributed by atoms with Gasteiger partial charge in [-0.2, -0.15) is 0 Å². The van der Waals surface area contributed by atoms with E-state index in [0.29, 0.717) is 6.42 Å². The Morgan fingerprint density at radius 2 is 1.96 bits per heavy atom. The molecule has 1 aromatic rings. The van der Waals surface area contributed by atoms with Gasteiger partial charge >= 0.3 is 5.97 Å². The number of aryl methyl sites for hydroxylation is 1. The summed E-state index contributed by atoms with van der Waals surface area (Å²) >= 11 is 0. The van der Waals surface area contributed by atoms with Gasteiger partial charge in [0.25, 0.3) is 5.91 Å². The van der Waals surface area contributed by atoms with Crippen LogP contribution in [0.1, 0.15) is 42.6 Å². The number of likely N-dealkylation sites (tertiary alicyclic amines) is 1. The van der Waals surface area contributed by atoms with Gasteiger partial charge in [-0.1, -0.05) is 12.8 Å². The summed E-state index contributed by atoms with van der Waals surface area (Å²) < 4.78 is 24.4. The number of nitrogens with zero attached hydrogens (tertiary/aromatic N) is 2. The molecular weight excluding hydrogens is 334 g/mol. The van der Waals surface area contributed by atoms with Crippen molar-refractivity contribution < 1.29 is 23.1 Å². The van der Waals surface area contributed by atoms with E-state index in [0.717, 1.165) is 25.7 Å². The molecule has 1 amide bonds. The van der Waals surface area contributed by atoms with Gasteiger partial charge in [-0.25, -0.2) is 18.4 Å². The normalized spacial score (nSPS) is 27.1. The van der Waals surface area contributed by atoms with Crippen LogP contribution in [0.15, 0.2) is 17.2 Å². The van der Waals surface area contributed by atoms with Gasteiger partial charge in [-0.05, 0) is 31.2 Å². The first kappa shape index (κ1) is 17.0. The standard InChI is InChI=1S/C15H21N3O5S/c1-17-8-10(24(16,22)23)7-12(17)14(19)18-11-5-3-2-4-9(11)6-13(18)15(20)21/h7-9,11,13H,2-6H2,1H3,(H,20,21)(H2,16,22,23). The Kier molecular flexibility index (Phi) is 4.16. The Hall–Kier alpha value is -1.87. The number of carboxylic acid groups (broad SMARTS) is 1. The molecule has 3 rings (SSSR count). The summed E-state index contributed by atoms with van der Waals surface area (Å²) in [4.78, 5) is 25.9. The van der Waals surface area contributed by atoms with E-state index in [1.54, 1.807) is 7.05 Å². The number of carboxylic acids is 1. The summed E-state index contributed by atoms with van der Waals surface area (Å²) in [5.74, 6) is -1.27. The first-order valence-electron chi connectivity index (χ1n) is 7.95. The molecule has 1 aliphatic carbocycles. The second-order valence-corrected chi connectivity index (χ2v) is 8.19. The van der Waals surface area contributed by atoms with Crippen LogP contribution >= 0.6 is 0 Å². The third-order valence-corrected chi connectivity index (χ3v) is 6.02. The fourth-order valence-corrected chi connectivity index (χ4v) is 4.59. The Bertz CT molecular complexity index is 785. The molecule has 2 fully saturated rings. The average Bonchev–Trinajstić information content (AvgIpc) is 3.07. The lowest BCUT2D eigenvalue weighted by Gasteiger charge is -2.33. The summed E-state index contributed by atoms with van der Waals surface area (Å²) in [6.07, 6.45) is 5.45. The highest BCUT2D eigenvalue weighted by Crippen LogP contribution is 2.40. The summed E-state index contributed by atoms with van der Waals surface area (Å²) in [6, 6.07) is 0.255. The molecule has 1 saturated carbocycles. The van der Waals surface area contributed by atoms with Crippen molar-refractivity contribution in [2.24, 2.45) is 18.1 Å². The van der Waals surface area contributed by atoms with Crippen LogP contribution in [0.3, 0.4) is 0 Å². The minimum Gasteiger partial charge on any atom is -0.480 e. The zero-order valence-corrected chi connectivity index (χ0v) is 14.2. The number of hydrogen-bond acceptors (Lipinski definition) is 4. The van der Waals surface area contributed by atoms with E-state index >= 15 is 0 Å². The predicted octanol–water partition coefficient (Wildman–Crippen LogP) is 0.530. The minimum atomic E-state index is -3.92. The lowest BCUT2D eigenvalue weighted by molar-refractivity contribution is -0.141. The molecule has 3 atom stereocenters. The lowest BCUT2D eigenvalue weighted by Crippen LogP contribution is -2.46. The van der Waals surface area contributed by atoms with Gasteiger partial charge in [-0.3, -0.25) is 4.79 Å². The zero-order chi connectivity index (χ0) is 17.6. The smallest absolute Gasteiger partial charge is 0.326 e. The van der Waals surface area contributed by atoms with Crippen LogP contribution in [-0.2, 0) is 21.9 Å². The van der Waals surface area contributed by atoms with Crippen molar-refractivity contribution in [2.45, 2.75) is 49.1 Å². The van der Waals surface area contributed by atoms with Crippen LogP contribution in [0.2, 0.25) is 0 Å². The van der Waals surface area contributed by atoms with Crippen molar-refractivity contribution in [3.63, 3.8) is 0 Å². The van der Waals surface area contributed by atoms with Gasteiger partial charge in [-0.15, -0.1) is 0 Å². The van der Waals surface area contributed by atoms with Gasteiger partial charge < -0.3 is 14.6 Å². The van der Waals surface area contributed by atoms with Crippen LogP contribution in [0.25, 0.3) is 0 Å². The number of nitrogens with two attached hydrogens (primary N) is 1. The van der Waals surface area contributed by atoms with E-state index < -0.39 is 27.9 Å². The predicted molar refractivity (Wildman–Crippen MR) is 84.7 cm³/mol. The van der Waals surface area contributed by atoms with E-state index in [4.69, 9.17) is 5.14 Å². The van der Waals surface area contributed by atoms with Crippen molar-refractivity contribution in [3.8, 4) is 0 Å². The molecule has 0 bridgehead atoms. The maximum atomic E-state index is 13.0.